The SMILES string of the molecule is CCC(C)Nc1c(C)cc(C(C)(C)C)cc1N=O. The van der Waals surface area contributed by atoms with Gasteiger partial charge >= 0.3 is 0 Å². The molecule has 0 bridgehead atoms. The van der Waals surface area contributed by atoms with Crippen LogP contribution in [0.5, 0.6) is 0 Å². The van der Waals surface area contributed by atoms with Gasteiger partial charge in [0.05, 0.1) is 5.69 Å². The lowest BCUT2D eigenvalue weighted by Crippen LogP contribution is -2.16. The van der Waals surface area contributed by atoms with Crippen molar-refractivity contribution in [1.29, 1.82) is 0 Å². The second kappa shape index (κ2) is 5.51. The molecule has 1 N–H and O–H groups in total. The molecule has 0 amide bonds. The molecule has 0 radical (unpaired) electrons. The molecule has 0 saturated carbocycles. The Hall–Kier alpha value is -1.38. The predicted octanol–water partition coefficient (Wildman–Crippen LogP) is 4.90. The molecule has 0 heterocycles. The van der Waals surface area contributed by atoms with Crippen molar-refractivity contribution in [3.05, 3.63) is 28.2 Å². The monoisotopic (exact) mass is 248 g/mol. The van der Waals surface area contributed by atoms with E-state index in [1.165, 1.54) is 0 Å². The minimum absolute atomic E-state index is 0.0269. The fraction of sp³-hybridized carbons (Fsp3) is 0.600. The first kappa shape index (κ1) is 14.7. The summed E-state index contributed by atoms with van der Waals surface area (Å²) < 4.78 is 0. The molecule has 0 aliphatic rings. The van der Waals surface area contributed by atoms with E-state index in [4.69, 9.17) is 0 Å². The number of nitrogens with one attached hydrogen (secondary N) is 1. The van der Waals surface area contributed by atoms with Crippen LogP contribution in [-0.2, 0) is 5.41 Å². The van der Waals surface area contributed by atoms with Gasteiger partial charge in [-0.1, -0.05) is 33.8 Å². The number of nitroso groups, excluding NO2 is 1. The number of benzene rings is 1. The van der Waals surface area contributed by atoms with E-state index in [0.29, 0.717) is 11.7 Å². The minimum atomic E-state index is 0.0269. The van der Waals surface area contributed by atoms with Gasteiger partial charge in [-0.2, -0.15) is 0 Å². The Balaban J connectivity index is 3.24. The Bertz CT molecular complexity index is 433. The van der Waals surface area contributed by atoms with E-state index >= 15 is 0 Å². The average Bonchev–Trinajstić information content (AvgIpc) is 2.29. The number of rotatable bonds is 4. The van der Waals surface area contributed by atoms with E-state index in [0.717, 1.165) is 23.2 Å². The first-order valence-electron chi connectivity index (χ1n) is 6.54. The Labute approximate surface area is 110 Å². The van der Waals surface area contributed by atoms with E-state index < -0.39 is 0 Å². The molecule has 0 spiro atoms. The van der Waals surface area contributed by atoms with Crippen LogP contribution >= 0.6 is 0 Å². The molecule has 1 unspecified atom stereocenters. The van der Waals surface area contributed by atoms with Gasteiger partial charge in [0.25, 0.3) is 0 Å². The summed E-state index contributed by atoms with van der Waals surface area (Å²) in [6, 6.07) is 4.37. The van der Waals surface area contributed by atoms with Crippen molar-refractivity contribution in [2.75, 3.05) is 5.32 Å². The zero-order chi connectivity index (χ0) is 13.9. The summed E-state index contributed by atoms with van der Waals surface area (Å²) in [4.78, 5) is 11.0. The Kier molecular flexibility index (Phi) is 4.49. The molecule has 1 aromatic carbocycles. The largest absolute Gasteiger partial charge is 0.381 e. The van der Waals surface area contributed by atoms with Crippen LogP contribution < -0.4 is 5.32 Å². The van der Waals surface area contributed by atoms with Crippen LogP contribution in [-0.4, -0.2) is 6.04 Å². The summed E-state index contributed by atoms with van der Waals surface area (Å²) in [6.07, 6.45) is 1.01. The lowest BCUT2D eigenvalue weighted by atomic mass is 9.85. The van der Waals surface area contributed by atoms with Gasteiger partial charge in [-0.05, 0) is 48.1 Å². The van der Waals surface area contributed by atoms with Gasteiger partial charge in [0.1, 0.15) is 5.69 Å². The number of aryl methyl sites for hydroxylation is 1. The Morgan fingerprint density at radius 3 is 2.39 bits per heavy atom. The molecule has 0 aromatic heterocycles. The topological polar surface area (TPSA) is 41.5 Å². The van der Waals surface area contributed by atoms with Gasteiger partial charge in [-0.15, -0.1) is 4.91 Å². The number of hydrogen-bond donors (Lipinski definition) is 1. The zero-order valence-corrected chi connectivity index (χ0v) is 12.3. The van der Waals surface area contributed by atoms with Crippen LogP contribution in [0.1, 0.15) is 52.2 Å². The standard InChI is InChI=1S/C15H24N2O/c1-7-11(3)16-14-10(2)8-12(15(4,5)6)9-13(14)17-18/h8-9,11,16H,7H2,1-6H3. The van der Waals surface area contributed by atoms with E-state index in [2.05, 4.69) is 51.2 Å². The predicted molar refractivity (Wildman–Crippen MR) is 78.7 cm³/mol. The van der Waals surface area contributed by atoms with E-state index in [-0.39, 0.29) is 5.41 Å². The van der Waals surface area contributed by atoms with Crippen molar-refractivity contribution in [3.8, 4) is 0 Å². The summed E-state index contributed by atoms with van der Waals surface area (Å²) >= 11 is 0. The molecule has 100 valence electrons. The summed E-state index contributed by atoms with van der Waals surface area (Å²) in [5.74, 6) is 0. The molecule has 1 atom stereocenters. The molecule has 0 saturated heterocycles. The van der Waals surface area contributed by atoms with Crippen LogP contribution in [0.3, 0.4) is 0 Å². The summed E-state index contributed by atoms with van der Waals surface area (Å²) in [5.41, 5.74) is 3.63. The maximum absolute atomic E-state index is 11.0. The maximum Gasteiger partial charge on any atom is 0.131 e. The van der Waals surface area contributed by atoms with E-state index in [1.807, 2.05) is 13.0 Å². The van der Waals surface area contributed by atoms with Crippen molar-refractivity contribution in [2.45, 2.75) is 59.4 Å². The summed E-state index contributed by atoms with van der Waals surface area (Å²) in [6.45, 7) is 12.7. The van der Waals surface area contributed by atoms with Gasteiger partial charge in [0, 0.05) is 6.04 Å². The molecule has 0 aliphatic heterocycles. The van der Waals surface area contributed by atoms with Crippen molar-refractivity contribution < 1.29 is 0 Å². The fourth-order valence-electron chi connectivity index (χ4n) is 1.81. The highest BCUT2D eigenvalue weighted by Gasteiger charge is 2.18. The van der Waals surface area contributed by atoms with Gasteiger partial charge in [0.15, 0.2) is 0 Å². The molecule has 3 heteroatoms. The van der Waals surface area contributed by atoms with Crippen molar-refractivity contribution in [2.24, 2.45) is 5.18 Å². The van der Waals surface area contributed by atoms with E-state index in [1.54, 1.807) is 0 Å². The van der Waals surface area contributed by atoms with Gasteiger partial charge in [0.2, 0.25) is 0 Å². The molecule has 3 nitrogen and oxygen atoms in total. The number of anilines is 1. The molecule has 18 heavy (non-hydrogen) atoms. The smallest absolute Gasteiger partial charge is 0.131 e. The lowest BCUT2D eigenvalue weighted by Gasteiger charge is -2.23. The van der Waals surface area contributed by atoms with Crippen molar-refractivity contribution in [1.82, 2.24) is 0 Å². The van der Waals surface area contributed by atoms with Gasteiger partial charge in [-0.3, -0.25) is 0 Å². The average molecular weight is 248 g/mol. The van der Waals surface area contributed by atoms with Crippen molar-refractivity contribution in [3.63, 3.8) is 0 Å². The van der Waals surface area contributed by atoms with E-state index in [9.17, 15) is 4.91 Å². The lowest BCUT2D eigenvalue weighted by molar-refractivity contribution is 0.590. The second-order valence-corrected chi connectivity index (χ2v) is 5.98. The Morgan fingerprint density at radius 2 is 1.94 bits per heavy atom. The highest BCUT2D eigenvalue weighted by Crippen LogP contribution is 2.35. The highest BCUT2D eigenvalue weighted by molar-refractivity contribution is 5.71. The quantitative estimate of drug-likeness (QED) is 0.770. The molecule has 0 fully saturated rings. The van der Waals surface area contributed by atoms with Crippen LogP contribution in [0.2, 0.25) is 0 Å². The highest BCUT2D eigenvalue weighted by atomic mass is 16.3. The molecular formula is C15H24N2O. The third kappa shape index (κ3) is 3.31. The fourth-order valence-corrected chi connectivity index (χ4v) is 1.81. The van der Waals surface area contributed by atoms with Crippen LogP contribution in [0.25, 0.3) is 0 Å². The third-order valence-electron chi connectivity index (χ3n) is 3.28. The Morgan fingerprint density at radius 1 is 1.33 bits per heavy atom. The maximum atomic E-state index is 11.0. The summed E-state index contributed by atoms with van der Waals surface area (Å²) in [5, 5.41) is 6.54. The van der Waals surface area contributed by atoms with Gasteiger partial charge in [-0.25, -0.2) is 0 Å². The van der Waals surface area contributed by atoms with Crippen LogP contribution in [0.4, 0.5) is 11.4 Å². The third-order valence-corrected chi connectivity index (χ3v) is 3.28. The second-order valence-electron chi connectivity index (χ2n) is 5.98. The zero-order valence-electron chi connectivity index (χ0n) is 12.3. The minimum Gasteiger partial charge on any atom is -0.381 e. The van der Waals surface area contributed by atoms with Crippen molar-refractivity contribution >= 4 is 11.4 Å². The summed E-state index contributed by atoms with van der Waals surface area (Å²) in [7, 11) is 0. The number of nitrogens with zero attached hydrogens (tertiary/aromatic N) is 1. The first-order valence-corrected chi connectivity index (χ1v) is 6.54. The molecule has 0 aliphatic carbocycles. The normalized spacial score (nSPS) is 13.2. The van der Waals surface area contributed by atoms with Crippen LogP contribution in [0.15, 0.2) is 17.3 Å². The first-order chi connectivity index (χ1) is 8.29. The molecule has 1 aromatic rings. The molecular weight excluding hydrogens is 224 g/mol. The van der Waals surface area contributed by atoms with Gasteiger partial charge < -0.3 is 5.32 Å². The number of hydrogen-bond acceptors (Lipinski definition) is 3. The van der Waals surface area contributed by atoms with Crippen LogP contribution in [0, 0.1) is 11.8 Å². The molecule has 1 rings (SSSR count).